The summed E-state index contributed by atoms with van der Waals surface area (Å²) in [7, 11) is 0. The minimum atomic E-state index is 0.0647. The standard InChI is InChI=1S/C17H17Cl2N3O/c18-12-7-11-10-21(6-4-13(11)15(19)8-12)17(23)14-9-20-22-5-2-1-3-16(14)22/h7-9H,1-6,10H2. The second-order valence-electron chi connectivity index (χ2n) is 6.19. The summed E-state index contributed by atoms with van der Waals surface area (Å²) in [5, 5.41) is 5.69. The molecule has 0 spiro atoms. The Balaban J connectivity index is 1.62. The van der Waals surface area contributed by atoms with Crippen molar-refractivity contribution in [2.24, 2.45) is 0 Å². The molecule has 4 nitrogen and oxygen atoms in total. The first-order valence-electron chi connectivity index (χ1n) is 7.94. The molecule has 0 radical (unpaired) electrons. The molecule has 2 aliphatic heterocycles. The van der Waals surface area contributed by atoms with Crippen molar-refractivity contribution < 1.29 is 4.79 Å². The molecule has 4 rings (SSSR count). The Morgan fingerprint density at radius 2 is 2.00 bits per heavy atom. The summed E-state index contributed by atoms with van der Waals surface area (Å²) in [5.41, 5.74) is 3.98. The first-order valence-corrected chi connectivity index (χ1v) is 8.70. The lowest BCUT2D eigenvalue weighted by Gasteiger charge is -2.30. The molecule has 3 heterocycles. The van der Waals surface area contributed by atoms with Crippen molar-refractivity contribution in [3.8, 4) is 0 Å². The van der Waals surface area contributed by atoms with Gasteiger partial charge in [-0.1, -0.05) is 23.2 Å². The smallest absolute Gasteiger partial charge is 0.257 e. The maximum Gasteiger partial charge on any atom is 0.257 e. The number of aryl methyl sites for hydroxylation is 1. The van der Waals surface area contributed by atoms with Gasteiger partial charge in [0, 0.05) is 29.7 Å². The largest absolute Gasteiger partial charge is 0.334 e. The highest BCUT2D eigenvalue weighted by atomic mass is 35.5. The molecule has 23 heavy (non-hydrogen) atoms. The van der Waals surface area contributed by atoms with Crippen molar-refractivity contribution >= 4 is 29.1 Å². The highest BCUT2D eigenvalue weighted by Crippen LogP contribution is 2.31. The third kappa shape index (κ3) is 2.64. The molecule has 0 saturated heterocycles. The summed E-state index contributed by atoms with van der Waals surface area (Å²) in [6, 6.07) is 3.68. The van der Waals surface area contributed by atoms with E-state index in [4.69, 9.17) is 23.2 Å². The number of aromatic nitrogens is 2. The van der Waals surface area contributed by atoms with E-state index >= 15 is 0 Å². The highest BCUT2D eigenvalue weighted by Gasteiger charge is 2.27. The molecule has 1 aromatic heterocycles. The van der Waals surface area contributed by atoms with Crippen molar-refractivity contribution in [1.82, 2.24) is 14.7 Å². The minimum Gasteiger partial charge on any atom is -0.334 e. The number of nitrogens with zero attached hydrogens (tertiary/aromatic N) is 3. The van der Waals surface area contributed by atoms with Gasteiger partial charge in [-0.15, -0.1) is 0 Å². The zero-order chi connectivity index (χ0) is 16.0. The normalized spacial score (nSPS) is 16.9. The average molecular weight is 350 g/mol. The third-order valence-electron chi connectivity index (χ3n) is 4.75. The van der Waals surface area contributed by atoms with Gasteiger partial charge in [0.2, 0.25) is 0 Å². The lowest BCUT2D eigenvalue weighted by Crippen LogP contribution is -2.36. The number of carbonyl (C=O) groups excluding carboxylic acids is 1. The summed E-state index contributed by atoms with van der Waals surface area (Å²) in [4.78, 5) is 14.8. The molecule has 1 amide bonds. The van der Waals surface area contributed by atoms with E-state index in [-0.39, 0.29) is 5.91 Å². The van der Waals surface area contributed by atoms with Crippen LogP contribution in [0.1, 0.15) is 40.0 Å². The maximum atomic E-state index is 12.9. The summed E-state index contributed by atoms with van der Waals surface area (Å²) in [6.07, 6.45) is 5.68. The summed E-state index contributed by atoms with van der Waals surface area (Å²) in [5.74, 6) is 0.0647. The number of amides is 1. The predicted octanol–water partition coefficient (Wildman–Crippen LogP) is 3.72. The number of hydrogen-bond donors (Lipinski definition) is 0. The van der Waals surface area contributed by atoms with E-state index in [1.165, 1.54) is 0 Å². The maximum absolute atomic E-state index is 12.9. The molecule has 0 unspecified atom stereocenters. The molecule has 1 aromatic carbocycles. The molecule has 6 heteroatoms. The fourth-order valence-corrected chi connectivity index (χ4v) is 4.18. The minimum absolute atomic E-state index is 0.0647. The van der Waals surface area contributed by atoms with Crippen molar-refractivity contribution in [3.05, 3.63) is 50.8 Å². The number of hydrogen-bond acceptors (Lipinski definition) is 2. The van der Waals surface area contributed by atoms with Crippen LogP contribution >= 0.6 is 23.2 Å². The van der Waals surface area contributed by atoms with Gasteiger partial charge in [0.1, 0.15) is 0 Å². The van der Waals surface area contributed by atoms with Crippen LogP contribution in [0.3, 0.4) is 0 Å². The van der Waals surface area contributed by atoms with E-state index in [0.29, 0.717) is 23.1 Å². The number of benzene rings is 1. The Kier molecular flexibility index (Phi) is 3.82. The zero-order valence-corrected chi connectivity index (χ0v) is 14.2. The van der Waals surface area contributed by atoms with Crippen molar-refractivity contribution in [3.63, 3.8) is 0 Å². The van der Waals surface area contributed by atoms with E-state index in [0.717, 1.165) is 54.6 Å². The van der Waals surface area contributed by atoms with Crippen LogP contribution in [0.25, 0.3) is 0 Å². The monoisotopic (exact) mass is 349 g/mol. The van der Waals surface area contributed by atoms with E-state index in [2.05, 4.69) is 5.10 Å². The summed E-state index contributed by atoms with van der Waals surface area (Å²) >= 11 is 12.4. The van der Waals surface area contributed by atoms with Gasteiger partial charge in [0.05, 0.1) is 17.5 Å². The topological polar surface area (TPSA) is 38.1 Å². The van der Waals surface area contributed by atoms with Gasteiger partial charge >= 0.3 is 0 Å². The van der Waals surface area contributed by atoms with Gasteiger partial charge in [-0.2, -0.15) is 5.10 Å². The van der Waals surface area contributed by atoms with Crippen LogP contribution in [0.5, 0.6) is 0 Å². The second-order valence-corrected chi connectivity index (χ2v) is 7.03. The second kappa shape index (κ2) is 5.84. The van der Waals surface area contributed by atoms with E-state index in [1.54, 1.807) is 12.3 Å². The fourth-order valence-electron chi connectivity index (χ4n) is 3.55. The molecule has 0 fully saturated rings. The quantitative estimate of drug-likeness (QED) is 0.786. The lowest BCUT2D eigenvalue weighted by molar-refractivity contribution is 0.0733. The molecule has 0 atom stereocenters. The lowest BCUT2D eigenvalue weighted by atomic mass is 9.98. The van der Waals surface area contributed by atoms with E-state index in [9.17, 15) is 4.79 Å². The first-order chi connectivity index (χ1) is 11.1. The zero-order valence-electron chi connectivity index (χ0n) is 12.7. The number of carbonyl (C=O) groups is 1. The Labute approximate surface area is 145 Å². The van der Waals surface area contributed by atoms with Crippen LogP contribution in [0, 0.1) is 0 Å². The molecule has 120 valence electrons. The molecule has 2 aliphatic rings. The van der Waals surface area contributed by atoms with Gasteiger partial charge in [0.15, 0.2) is 0 Å². The van der Waals surface area contributed by atoms with Crippen molar-refractivity contribution in [1.29, 1.82) is 0 Å². The van der Waals surface area contributed by atoms with Gasteiger partial charge in [-0.05, 0) is 48.9 Å². The van der Waals surface area contributed by atoms with E-state index in [1.807, 2.05) is 15.6 Å². The molecular formula is C17H17Cl2N3O. The van der Waals surface area contributed by atoms with Crippen LogP contribution in [-0.4, -0.2) is 27.1 Å². The van der Waals surface area contributed by atoms with Crippen LogP contribution in [0.2, 0.25) is 10.0 Å². The predicted molar refractivity (Wildman–Crippen MR) is 90.1 cm³/mol. The summed E-state index contributed by atoms with van der Waals surface area (Å²) in [6.45, 7) is 2.15. The van der Waals surface area contributed by atoms with Crippen LogP contribution in [0.4, 0.5) is 0 Å². The Morgan fingerprint density at radius 1 is 1.13 bits per heavy atom. The number of fused-ring (bicyclic) bond motifs is 2. The molecule has 0 aliphatic carbocycles. The molecule has 0 N–H and O–H groups in total. The molecule has 2 aromatic rings. The average Bonchev–Trinajstić information content (AvgIpc) is 2.97. The van der Waals surface area contributed by atoms with Gasteiger partial charge in [-0.25, -0.2) is 0 Å². The van der Waals surface area contributed by atoms with Crippen molar-refractivity contribution in [2.75, 3.05) is 6.54 Å². The van der Waals surface area contributed by atoms with Crippen LogP contribution in [0.15, 0.2) is 18.3 Å². The van der Waals surface area contributed by atoms with Crippen LogP contribution < -0.4 is 0 Å². The Morgan fingerprint density at radius 3 is 2.87 bits per heavy atom. The Hall–Kier alpha value is -1.52. The molecule has 0 saturated carbocycles. The first kappa shape index (κ1) is 15.0. The molecule has 0 bridgehead atoms. The van der Waals surface area contributed by atoms with Crippen LogP contribution in [-0.2, 0) is 25.9 Å². The Bertz CT molecular complexity index is 784. The highest BCUT2D eigenvalue weighted by molar-refractivity contribution is 6.35. The SMILES string of the molecule is O=C(c1cnn2c1CCCC2)N1CCc2c(Cl)cc(Cl)cc2C1. The number of rotatable bonds is 1. The molecular weight excluding hydrogens is 333 g/mol. The van der Waals surface area contributed by atoms with Gasteiger partial charge in [0.25, 0.3) is 5.91 Å². The fraction of sp³-hybridized carbons (Fsp3) is 0.412. The van der Waals surface area contributed by atoms with Crippen molar-refractivity contribution in [2.45, 2.75) is 38.8 Å². The third-order valence-corrected chi connectivity index (χ3v) is 5.30. The van der Waals surface area contributed by atoms with E-state index < -0.39 is 0 Å². The van der Waals surface area contributed by atoms with Gasteiger partial charge in [-0.3, -0.25) is 9.48 Å². The number of halogens is 2. The van der Waals surface area contributed by atoms with Gasteiger partial charge < -0.3 is 4.90 Å². The summed E-state index contributed by atoms with van der Waals surface area (Å²) < 4.78 is 1.97.